The summed E-state index contributed by atoms with van der Waals surface area (Å²) in [7, 11) is 1.61. The van der Waals surface area contributed by atoms with Gasteiger partial charge in [-0.2, -0.15) is 0 Å². The van der Waals surface area contributed by atoms with E-state index in [4.69, 9.17) is 19.0 Å². The lowest BCUT2D eigenvalue weighted by Gasteiger charge is -2.17. The minimum atomic E-state index is -0.0215. The fourth-order valence-electron chi connectivity index (χ4n) is 2.47. The molecule has 0 aliphatic heterocycles. The predicted octanol–water partition coefficient (Wildman–Crippen LogP) is 3.13. The SMILES string of the molecule is COc1cc(C(C)NCc2cc(C)oc2C)ccc1OCCO. The normalized spacial score (nSPS) is 12.2. The van der Waals surface area contributed by atoms with Gasteiger partial charge in [-0.3, -0.25) is 0 Å². The summed E-state index contributed by atoms with van der Waals surface area (Å²) in [6.07, 6.45) is 0. The van der Waals surface area contributed by atoms with Crippen molar-refractivity contribution in [3.8, 4) is 11.5 Å². The fourth-order valence-corrected chi connectivity index (χ4v) is 2.47. The van der Waals surface area contributed by atoms with Gasteiger partial charge in [-0.25, -0.2) is 0 Å². The highest BCUT2D eigenvalue weighted by atomic mass is 16.5. The lowest BCUT2D eigenvalue weighted by molar-refractivity contribution is 0.196. The van der Waals surface area contributed by atoms with E-state index in [1.807, 2.05) is 32.0 Å². The largest absolute Gasteiger partial charge is 0.493 e. The van der Waals surface area contributed by atoms with Gasteiger partial charge in [0.2, 0.25) is 0 Å². The highest BCUT2D eigenvalue weighted by Crippen LogP contribution is 2.30. The Labute approximate surface area is 137 Å². The molecular formula is C18H25NO4. The Morgan fingerprint density at radius 1 is 1.22 bits per heavy atom. The summed E-state index contributed by atoms with van der Waals surface area (Å²) in [6, 6.07) is 8.04. The molecule has 0 fully saturated rings. The summed E-state index contributed by atoms with van der Waals surface area (Å²) < 4.78 is 16.4. The van der Waals surface area contributed by atoms with Crippen LogP contribution in [0.15, 0.2) is 28.7 Å². The number of methoxy groups -OCH3 is 1. The zero-order valence-corrected chi connectivity index (χ0v) is 14.2. The molecule has 0 aliphatic carbocycles. The molecule has 1 atom stereocenters. The second-order valence-electron chi connectivity index (χ2n) is 5.52. The molecule has 2 rings (SSSR count). The summed E-state index contributed by atoms with van der Waals surface area (Å²) in [4.78, 5) is 0. The van der Waals surface area contributed by atoms with Gasteiger partial charge < -0.3 is 24.3 Å². The Morgan fingerprint density at radius 3 is 2.61 bits per heavy atom. The molecule has 0 spiro atoms. The summed E-state index contributed by atoms with van der Waals surface area (Å²) in [6.45, 7) is 7.01. The van der Waals surface area contributed by atoms with Crippen molar-refractivity contribution >= 4 is 0 Å². The third-order valence-electron chi connectivity index (χ3n) is 3.78. The molecule has 0 amide bonds. The molecule has 5 heteroatoms. The number of aliphatic hydroxyl groups is 1. The number of furan rings is 1. The fraction of sp³-hybridized carbons (Fsp3) is 0.444. The molecule has 2 N–H and O–H groups in total. The first-order chi connectivity index (χ1) is 11.0. The molecule has 1 unspecified atom stereocenters. The molecule has 0 saturated carbocycles. The Balaban J connectivity index is 2.03. The second kappa shape index (κ2) is 8.04. The van der Waals surface area contributed by atoms with Gasteiger partial charge >= 0.3 is 0 Å². The van der Waals surface area contributed by atoms with Crippen LogP contribution in [0, 0.1) is 13.8 Å². The van der Waals surface area contributed by atoms with Gasteiger partial charge in [0.15, 0.2) is 11.5 Å². The average Bonchev–Trinajstić information content (AvgIpc) is 2.88. The number of ether oxygens (including phenoxy) is 2. The van der Waals surface area contributed by atoms with Crippen molar-refractivity contribution in [2.24, 2.45) is 0 Å². The molecule has 5 nitrogen and oxygen atoms in total. The molecule has 0 radical (unpaired) electrons. The number of nitrogens with one attached hydrogen (secondary N) is 1. The Morgan fingerprint density at radius 2 is 2.00 bits per heavy atom. The van der Waals surface area contributed by atoms with Crippen molar-refractivity contribution < 1.29 is 19.0 Å². The maximum atomic E-state index is 8.85. The topological polar surface area (TPSA) is 63.9 Å². The maximum Gasteiger partial charge on any atom is 0.161 e. The number of benzene rings is 1. The first-order valence-electron chi connectivity index (χ1n) is 7.76. The molecule has 0 bridgehead atoms. The van der Waals surface area contributed by atoms with Gasteiger partial charge in [0.1, 0.15) is 18.1 Å². The van der Waals surface area contributed by atoms with Crippen LogP contribution in [0.2, 0.25) is 0 Å². The van der Waals surface area contributed by atoms with Crippen LogP contribution < -0.4 is 14.8 Å². The quantitative estimate of drug-likeness (QED) is 0.782. The first kappa shape index (κ1) is 17.4. The van der Waals surface area contributed by atoms with Gasteiger partial charge in [-0.15, -0.1) is 0 Å². The number of aryl methyl sites for hydroxylation is 2. The van der Waals surface area contributed by atoms with Gasteiger partial charge in [0, 0.05) is 18.2 Å². The monoisotopic (exact) mass is 319 g/mol. The van der Waals surface area contributed by atoms with E-state index in [1.54, 1.807) is 7.11 Å². The Bertz CT molecular complexity index is 636. The van der Waals surface area contributed by atoms with Crippen LogP contribution in [0.4, 0.5) is 0 Å². The van der Waals surface area contributed by atoms with Gasteiger partial charge in [-0.05, 0) is 44.5 Å². The highest BCUT2D eigenvalue weighted by Gasteiger charge is 2.12. The van der Waals surface area contributed by atoms with E-state index >= 15 is 0 Å². The van der Waals surface area contributed by atoms with Gasteiger partial charge in [0.05, 0.1) is 13.7 Å². The number of hydrogen-bond donors (Lipinski definition) is 2. The molecule has 1 heterocycles. The summed E-state index contributed by atoms with van der Waals surface area (Å²) in [5.41, 5.74) is 2.28. The minimum Gasteiger partial charge on any atom is -0.493 e. The molecule has 2 aromatic rings. The molecule has 126 valence electrons. The maximum absolute atomic E-state index is 8.85. The average molecular weight is 319 g/mol. The number of rotatable bonds is 8. The van der Waals surface area contributed by atoms with Crippen molar-refractivity contribution in [1.29, 1.82) is 0 Å². The smallest absolute Gasteiger partial charge is 0.161 e. The van der Waals surface area contributed by atoms with Crippen LogP contribution in [0.1, 0.15) is 35.6 Å². The summed E-state index contributed by atoms with van der Waals surface area (Å²) in [5.74, 6) is 3.19. The van der Waals surface area contributed by atoms with Crippen LogP contribution in [0.25, 0.3) is 0 Å². The molecule has 0 saturated heterocycles. The van der Waals surface area contributed by atoms with Gasteiger partial charge in [-0.1, -0.05) is 6.07 Å². The summed E-state index contributed by atoms with van der Waals surface area (Å²) in [5, 5.41) is 12.3. The Hall–Kier alpha value is -1.98. The van der Waals surface area contributed by atoms with Crippen LogP contribution in [0.3, 0.4) is 0 Å². The highest BCUT2D eigenvalue weighted by molar-refractivity contribution is 5.43. The first-order valence-corrected chi connectivity index (χ1v) is 7.76. The van der Waals surface area contributed by atoms with E-state index in [-0.39, 0.29) is 19.3 Å². The lowest BCUT2D eigenvalue weighted by atomic mass is 10.1. The predicted molar refractivity (Wildman–Crippen MR) is 89.0 cm³/mol. The molecular weight excluding hydrogens is 294 g/mol. The number of aliphatic hydroxyl groups excluding tert-OH is 1. The van der Waals surface area contributed by atoms with E-state index < -0.39 is 0 Å². The third kappa shape index (κ3) is 4.50. The van der Waals surface area contributed by atoms with Crippen LogP contribution in [-0.2, 0) is 6.54 Å². The van der Waals surface area contributed by atoms with Crippen molar-refractivity contribution in [1.82, 2.24) is 5.32 Å². The van der Waals surface area contributed by atoms with Crippen molar-refractivity contribution in [3.63, 3.8) is 0 Å². The van der Waals surface area contributed by atoms with E-state index in [0.29, 0.717) is 11.5 Å². The van der Waals surface area contributed by atoms with Gasteiger partial charge in [0.25, 0.3) is 0 Å². The zero-order chi connectivity index (χ0) is 16.8. The number of hydrogen-bond acceptors (Lipinski definition) is 5. The van der Waals surface area contributed by atoms with Crippen molar-refractivity contribution in [2.45, 2.75) is 33.4 Å². The third-order valence-corrected chi connectivity index (χ3v) is 3.78. The lowest BCUT2D eigenvalue weighted by Crippen LogP contribution is -2.18. The Kier molecular flexibility index (Phi) is 6.07. The second-order valence-corrected chi connectivity index (χ2v) is 5.52. The molecule has 1 aromatic heterocycles. The molecule has 1 aromatic carbocycles. The molecule has 0 aliphatic rings. The van der Waals surface area contributed by atoms with Crippen LogP contribution in [-0.4, -0.2) is 25.4 Å². The summed E-state index contributed by atoms with van der Waals surface area (Å²) >= 11 is 0. The zero-order valence-electron chi connectivity index (χ0n) is 14.2. The standard InChI is InChI=1S/C18H25NO4/c1-12-9-16(14(3)23-12)11-19-13(2)15-5-6-17(22-8-7-20)18(10-15)21-4/h5-6,9-10,13,19-20H,7-8,11H2,1-4H3. The van der Waals surface area contributed by atoms with Crippen molar-refractivity contribution in [3.05, 3.63) is 46.9 Å². The van der Waals surface area contributed by atoms with E-state index in [0.717, 1.165) is 23.6 Å². The van der Waals surface area contributed by atoms with E-state index in [9.17, 15) is 0 Å². The van der Waals surface area contributed by atoms with Crippen LogP contribution >= 0.6 is 0 Å². The van der Waals surface area contributed by atoms with E-state index in [1.165, 1.54) is 5.56 Å². The molecule has 23 heavy (non-hydrogen) atoms. The van der Waals surface area contributed by atoms with Crippen LogP contribution in [0.5, 0.6) is 11.5 Å². The van der Waals surface area contributed by atoms with Crippen molar-refractivity contribution in [2.75, 3.05) is 20.3 Å². The minimum absolute atomic E-state index is 0.0215. The van der Waals surface area contributed by atoms with E-state index in [2.05, 4.69) is 18.3 Å².